The molecule has 0 aliphatic rings. The molecular formula is C21H18F5N7O2S. The van der Waals surface area contributed by atoms with Gasteiger partial charge in [-0.3, -0.25) is 19.0 Å². The molecule has 4 aromatic rings. The van der Waals surface area contributed by atoms with Gasteiger partial charge in [0.15, 0.2) is 5.69 Å². The van der Waals surface area contributed by atoms with Gasteiger partial charge in [-0.1, -0.05) is 0 Å². The van der Waals surface area contributed by atoms with Crippen LogP contribution in [0.25, 0.3) is 21.3 Å². The Balaban J connectivity index is 1.84. The number of alkyl halides is 5. The van der Waals surface area contributed by atoms with Crippen molar-refractivity contribution in [1.29, 1.82) is 0 Å². The van der Waals surface area contributed by atoms with E-state index in [0.717, 1.165) is 16.8 Å². The van der Waals surface area contributed by atoms with E-state index in [9.17, 15) is 31.5 Å². The summed E-state index contributed by atoms with van der Waals surface area (Å²) in [6.07, 6.45) is -6.04. The summed E-state index contributed by atoms with van der Waals surface area (Å²) in [5.41, 5.74) is 4.94. The Labute approximate surface area is 203 Å². The summed E-state index contributed by atoms with van der Waals surface area (Å²) in [6, 6.07) is 1.93. The predicted molar refractivity (Wildman–Crippen MR) is 121 cm³/mol. The minimum atomic E-state index is -4.69. The van der Waals surface area contributed by atoms with Crippen LogP contribution in [0.1, 0.15) is 38.9 Å². The van der Waals surface area contributed by atoms with Crippen molar-refractivity contribution in [2.24, 2.45) is 12.8 Å². The van der Waals surface area contributed by atoms with Crippen LogP contribution in [0.3, 0.4) is 0 Å². The maximum Gasteiger partial charge on any atom is 0.435 e. The number of nitrogens with one attached hydrogen (secondary N) is 1. The molecule has 4 heterocycles. The number of primary amides is 1. The Bertz CT molecular complexity index is 1500. The van der Waals surface area contributed by atoms with E-state index >= 15 is 0 Å². The molecule has 3 N–H and O–H groups in total. The predicted octanol–water partition coefficient (Wildman–Crippen LogP) is 4.20. The van der Waals surface area contributed by atoms with Crippen molar-refractivity contribution in [3.63, 3.8) is 0 Å². The fraction of sp³-hybridized carbons (Fsp3) is 0.286. The van der Waals surface area contributed by atoms with E-state index in [-0.39, 0.29) is 32.0 Å². The van der Waals surface area contributed by atoms with E-state index < -0.39 is 42.3 Å². The minimum absolute atomic E-state index is 0.0183. The fourth-order valence-electron chi connectivity index (χ4n) is 3.72. The first-order valence-electron chi connectivity index (χ1n) is 10.2. The number of hydrogen-bond donors (Lipinski definition) is 2. The molecule has 15 heteroatoms. The second-order valence-corrected chi connectivity index (χ2v) is 8.92. The van der Waals surface area contributed by atoms with Gasteiger partial charge in [0.2, 0.25) is 5.91 Å². The number of halogens is 5. The van der Waals surface area contributed by atoms with Gasteiger partial charge in [-0.25, -0.2) is 13.8 Å². The number of hydrogen-bond acceptors (Lipinski definition) is 6. The minimum Gasteiger partial charge on any atom is -0.365 e. The molecule has 0 fully saturated rings. The molecule has 0 aliphatic carbocycles. The highest BCUT2D eigenvalue weighted by atomic mass is 32.1. The first kappa shape index (κ1) is 25.2. The lowest BCUT2D eigenvalue weighted by molar-refractivity contribution is -0.141. The van der Waals surface area contributed by atoms with Crippen LogP contribution in [-0.2, 0) is 24.6 Å². The molecule has 0 aromatic carbocycles. The number of thiophene rings is 1. The molecule has 0 atom stereocenters. The summed E-state index contributed by atoms with van der Waals surface area (Å²) < 4.78 is 68.5. The number of anilines is 1. The largest absolute Gasteiger partial charge is 0.435 e. The Morgan fingerprint density at radius 1 is 1.17 bits per heavy atom. The Morgan fingerprint density at radius 2 is 1.86 bits per heavy atom. The molecule has 0 bridgehead atoms. The van der Waals surface area contributed by atoms with E-state index in [4.69, 9.17) is 5.73 Å². The van der Waals surface area contributed by atoms with Gasteiger partial charge in [-0.15, -0.1) is 11.3 Å². The van der Waals surface area contributed by atoms with Crippen LogP contribution in [0.2, 0.25) is 0 Å². The number of aryl methyl sites for hydroxylation is 3. The van der Waals surface area contributed by atoms with Crippen LogP contribution in [-0.4, -0.2) is 36.4 Å². The molecule has 190 valence electrons. The zero-order valence-corrected chi connectivity index (χ0v) is 19.8. The summed E-state index contributed by atoms with van der Waals surface area (Å²) in [5.74, 6) is -1.76. The molecule has 0 radical (unpaired) electrons. The third-order valence-corrected chi connectivity index (χ3v) is 6.36. The van der Waals surface area contributed by atoms with E-state index in [1.54, 1.807) is 20.2 Å². The second-order valence-electron chi connectivity index (χ2n) is 7.92. The average Bonchev–Trinajstić information content (AvgIpc) is 3.42. The molecule has 0 aliphatic heterocycles. The van der Waals surface area contributed by atoms with Crippen LogP contribution >= 0.6 is 11.3 Å². The highest BCUT2D eigenvalue weighted by Gasteiger charge is 2.34. The van der Waals surface area contributed by atoms with Crippen LogP contribution in [0, 0.1) is 13.8 Å². The van der Waals surface area contributed by atoms with Gasteiger partial charge in [0.25, 0.3) is 12.3 Å². The van der Waals surface area contributed by atoms with E-state index in [0.29, 0.717) is 22.6 Å². The molecule has 0 saturated heterocycles. The summed E-state index contributed by atoms with van der Waals surface area (Å²) in [7, 11) is 1.63. The van der Waals surface area contributed by atoms with Gasteiger partial charge in [-0.2, -0.15) is 23.4 Å². The quantitative estimate of drug-likeness (QED) is 0.364. The maximum absolute atomic E-state index is 13.6. The summed E-state index contributed by atoms with van der Waals surface area (Å²) in [5, 5.41) is 10.3. The molecule has 36 heavy (non-hydrogen) atoms. The third kappa shape index (κ3) is 4.65. The number of amides is 2. The van der Waals surface area contributed by atoms with Crippen molar-refractivity contribution in [1.82, 2.24) is 24.5 Å². The zero-order valence-electron chi connectivity index (χ0n) is 18.9. The average molecular weight is 527 g/mol. The number of pyridine rings is 1. The van der Waals surface area contributed by atoms with Crippen molar-refractivity contribution in [3.05, 3.63) is 46.0 Å². The summed E-state index contributed by atoms with van der Waals surface area (Å²) >= 11 is 0.712. The van der Waals surface area contributed by atoms with E-state index in [1.807, 2.05) is 0 Å². The smallest absolute Gasteiger partial charge is 0.365 e. The van der Waals surface area contributed by atoms with Crippen LogP contribution in [0.4, 0.5) is 27.6 Å². The normalized spacial score (nSPS) is 12.0. The van der Waals surface area contributed by atoms with Crippen molar-refractivity contribution >= 4 is 39.1 Å². The topological polar surface area (TPSA) is 121 Å². The molecule has 9 nitrogen and oxygen atoms in total. The van der Waals surface area contributed by atoms with Crippen molar-refractivity contribution in [2.75, 3.05) is 5.32 Å². The molecule has 4 aromatic heterocycles. The van der Waals surface area contributed by atoms with E-state index in [1.165, 1.54) is 11.6 Å². The van der Waals surface area contributed by atoms with Gasteiger partial charge in [0.1, 0.15) is 21.9 Å². The van der Waals surface area contributed by atoms with Crippen LogP contribution in [0.15, 0.2) is 18.3 Å². The number of nitrogens with zero attached hydrogens (tertiary/aromatic N) is 5. The zero-order chi connectivity index (χ0) is 26.5. The third-order valence-electron chi connectivity index (χ3n) is 5.26. The molecule has 0 spiro atoms. The molecule has 4 rings (SSSR count). The van der Waals surface area contributed by atoms with Gasteiger partial charge in [-0.05, 0) is 31.5 Å². The number of rotatable bonds is 6. The van der Waals surface area contributed by atoms with Gasteiger partial charge >= 0.3 is 6.18 Å². The Kier molecular flexibility index (Phi) is 6.28. The second kappa shape index (κ2) is 8.96. The SMILES string of the molecule is Cc1nn(C)cc1-c1cc(C(F)F)nc2sc(C(N)=O)c(NC(=O)Cn3nc(C(F)(F)F)cc3C)c12. The Morgan fingerprint density at radius 3 is 2.39 bits per heavy atom. The van der Waals surface area contributed by atoms with Gasteiger partial charge in [0.05, 0.1) is 11.4 Å². The molecular weight excluding hydrogens is 509 g/mol. The van der Waals surface area contributed by atoms with Crippen LogP contribution in [0.5, 0.6) is 0 Å². The van der Waals surface area contributed by atoms with Gasteiger partial charge in [0, 0.05) is 29.9 Å². The lowest BCUT2D eigenvalue weighted by atomic mass is 10.0. The molecule has 0 saturated carbocycles. The standard InChI is InChI=1S/C21H18F5N7O2S/c1-8-4-13(21(24,25)26)31-33(8)7-14(34)29-16-15-10(11-6-32(3)30-9(11)2)5-12(18(22)23)28-20(15)36-17(16)19(27)35/h4-6,18H,7H2,1-3H3,(H2,27,35)(H,29,34). The van der Waals surface area contributed by atoms with Crippen LogP contribution < -0.4 is 11.1 Å². The lowest BCUT2D eigenvalue weighted by Crippen LogP contribution is -2.22. The Hall–Kier alpha value is -3.88. The lowest BCUT2D eigenvalue weighted by Gasteiger charge is -2.11. The highest BCUT2D eigenvalue weighted by molar-refractivity contribution is 7.21. The monoisotopic (exact) mass is 527 g/mol. The number of carbonyl (C=O) groups is 2. The highest BCUT2D eigenvalue weighted by Crippen LogP contribution is 2.43. The number of fused-ring (bicyclic) bond motifs is 1. The van der Waals surface area contributed by atoms with Gasteiger partial charge < -0.3 is 11.1 Å². The fourth-order valence-corrected chi connectivity index (χ4v) is 4.74. The number of aromatic nitrogens is 5. The molecule has 2 amide bonds. The summed E-state index contributed by atoms with van der Waals surface area (Å²) in [4.78, 5) is 28.8. The molecule has 0 unspecified atom stereocenters. The number of carbonyl (C=O) groups excluding carboxylic acids is 2. The van der Waals surface area contributed by atoms with Crippen molar-refractivity contribution < 1.29 is 31.5 Å². The first-order chi connectivity index (χ1) is 16.8. The van der Waals surface area contributed by atoms with Crippen molar-refractivity contribution in [2.45, 2.75) is 33.0 Å². The van der Waals surface area contributed by atoms with E-state index in [2.05, 4.69) is 20.5 Å². The summed E-state index contributed by atoms with van der Waals surface area (Å²) in [6.45, 7) is 2.40. The maximum atomic E-state index is 13.6. The number of nitrogens with two attached hydrogens (primary N) is 1. The van der Waals surface area contributed by atoms with Crippen molar-refractivity contribution in [3.8, 4) is 11.1 Å². The first-order valence-corrected chi connectivity index (χ1v) is 11.1.